The number of aromatic nitrogens is 2. The fraction of sp³-hybridized carbons (Fsp3) is 0.261. The number of methoxy groups -OCH3 is 1. The summed E-state index contributed by atoms with van der Waals surface area (Å²) in [4.78, 5) is 27.2. The van der Waals surface area contributed by atoms with Crippen LogP contribution in [0.25, 0.3) is 0 Å². The zero-order valence-corrected chi connectivity index (χ0v) is 18.4. The SMILES string of the molecule is COC(=O)[C@H]1[C@@H](c2ccccc2)C2(c3ccc(Br)cc3)Oc3cn(C)nc3[C@@]1(O)C2=O. The van der Waals surface area contributed by atoms with Crippen molar-refractivity contribution >= 4 is 27.7 Å². The minimum absolute atomic E-state index is 0.0292. The maximum absolute atomic E-state index is 14.1. The summed E-state index contributed by atoms with van der Waals surface area (Å²) in [7, 11) is 2.91. The van der Waals surface area contributed by atoms with Gasteiger partial charge in [-0.2, -0.15) is 5.10 Å². The number of aliphatic hydroxyl groups is 1. The van der Waals surface area contributed by atoms with Crippen LogP contribution >= 0.6 is 15.9 Å². The van der Waals surface area contributed by atoms with E-state index >= 15 is 0 Å². The number of fused-ring (bicyclic) bond motifs is 4. The number of carbonyl (C=O) groups excluding carboxylic acids is 2. The van der Waals surface area contributed by atoms with Crippen molar-refractivity contribution in [2.45, 2.75) is 17.1 Å². The smallest absolute Gasteiger partial charge is 0.313 e. The predicted octanol–water partition coefficient (Wildman–Crippen LogP) is 2.81. The number of benzene rings is 2. The molecule has 1 aromatic heterocycles. The Morgan fingerprint density at radius 2 is 1.87 bits per heavy atom. The van der Waals surface area contributed by atoms with Crippen LogP contribution in [0.15, 0.2) is 65.3 Å². The fourth-order valence-electron chi connectivity index (χ4n) is 4.97. The number of carbonyl (C=O) groups is 2. The van der Waals surface area contributed by atoms with Crippen molar-refractivity contribution in [2.24, 2.45) is 13.0 Å². The van der Waals surface area contributed by atoms with Gasteiger partial charge in [-0.1, -0.05) is 58.4 Å². The maximum atomic E-state index is 14.1. The van der Waals surface area contributed by atoms with Crippen LogP contribution in [0.5, 0.6) is 5.75 Å². The van der Waals surface area contributed by atoms with Crippen molar-refractivity contribution in [3.05, 3.63) is 82.1 Å². The number of hydrogen-bond donors (Lipinski definition) is 1. The molecule has 0 spiro atoms. The highest BCUT2D eigenvalue weighted by Crippen LogP contribution is 2.64. The van der Waals surface area contributed by atoms with Gasteiger partial charge < -0.3 is 14.6 Å². The number of aryl methyl sites for hydroxylation is 1. The fourth-order valence-corrected chi connectivity index (χ4v) is 5.24. The van der Waals surface area contributed by atoms with Crippen LogP contribution in [0.3, 0.4) is 0 Å². The molecule has 2 heterocycles. The molecule has 1 fully saturated rings. The van der Waals surface area contributed by atoms with Crippen LogP contribution in [0.1, 0.15) is 22.7 Å². The van der Waals surface area contributed by atoms with Crippen LogP contribution in [0, 0.1) is 5.92 Å². The molecule has 1 aliphatic carbocycles. The molecule has 3 aromatic rings. The number of rotatable bonds is 3. The summed E-state index contributed by atoms with van der Waals surface area (Å²) in [6, 6.07) is 16.2. The number of Topliss-reactive ketones (excluding diaryl/α,β-unsaturated/α-hetero) is 1. The van der Waals surface area contributed by atoms with Gasteiger partial charge in [-0.15, -0.1) is 0 Å². The Bertz CT molecular complexity index is 1190. The quantitative estimate of drug-likeness (QED) is 0.577. The summed E-state index contributed by atoms with van der Waals surface area (Å²) >= 11 is 3.42. The Balaban J connectivity index is 1.88. The molecular formula is C23H19BrN2O5. The average molecular weight is 483 g/mol. The lowest BCUT2D eigenvalue weighted by Gasteiger charge is -2.37. The number of hydrogen-bond acceptors (Lipinski definition) is 6. The Hall–Kier alpha value is -2.97. The predicted molar refractivity (Wildman–Crippen MR) is 113 cm³/mol. The normalized spacial score (nSPS) is 28.7. The summed E-state index contributed by atoms with van der Waals surface area (Å²) < 4.78 is 13.8. The van der Waals surface area contributed by atoms with Gasteiger partial charge >= 0.3 is 5.97 Å². The molecule has 1 unspecified atom stereocenters. The summed E-state index contributed by atoms with van der Waals surface area (Å²) in [6.45, 7) is 0. The molecule has 1 saturated carbocycles. The minimum atomic E-state index is -2.20. The number of ether oxygens (including phenoxy) is 2. The van der Waals surface area contributed by atoms with E-state index in [0.717, 1.165) is 4.47 Å². The van der Waals surface area contributed by atoms with Gasteiger partial charge in [0.25, 0.3) is 0 Å². The Morgan fingerprint density at radius 1 is 1.19 bits per heavy atom. The van der Waals surface area contributed by atoms with Crippen molar-refractivity contribution in [1.82, 2.24) is 9.78 Å². The second-order valence-electron chi connectivity index (χ2n) is 7.84. The standard InChI is InChI=1S/C23H19BrN2O5/c1-26-12-16-19(25-26)22(29)18(20(27)30-2)17(13-6-4-3-5-7-13)23(31-16,21(22)28)14-8-10-15(24)11-9-14/h3-12,17-18,29H,1-2H3/t17-,18-,22-,23?/m1/s1. The van der Waals surface area contributed by atoms with E-state index in [1.165, 1.54) is 11.8 Å². The Labute approximate surface area is 186 Å². The van der Waals surface area contributed by atoms with E-state index in [9.17, 15) is 14.7 Å². The molecule has 0 amide bonds. The van der Waals surface area contributed by atoms with Crippen molar-refractivity contribution in [1.29, 1.82) is 0 Å². The molecule has 0 radical (unpaired) electrons. The van der Waals surface area contributed by atoms with E-state index in [0.29, 0.717) is 11.1 Å². The lowest BCUT2D eigenvalue weighted by atomic mass is 9.75. The second kappa shape index (κ2) is 6.77. The van der Waals surface area contributed by atoms with E-state index in [4.69, 9.17) is 9.47 Å². The molecule has 4 atom stereocenters. The van der Waals surface area contributed by atoms with Crippen molar-refractivity contribution < 1.29 is 24.2 Å². The minimum Gasteiger partial charge on any atom is -0.470 e. The van der Waals surface area contributed by atoms with Gasteiger partial charge in [0.05, 0.1) is 19.2 Å². The van der Waals surface area contributed by atoms with Crippen molar-refractivity contribution in [3.8, 4) is 5.75 Å². The van der Waals surface area contributed by atoms with Gasteiger partial charge in [0.1, 0.15) is 11.6 Å². The van der Waals surface area contributed by atoms with Crippen molar-refractivity contribution in [2.75, 3.05) is 7.11 Å². The molecule has 7 nitrogen and oxygen atoms in total. The van der Waals surface area contributed by atoms with Crippen molar-refractivity contribution in [3.63, 3.8) is 0 Å². The Kier molecular flexibility index (Phi) is 4.36. The van der Waals surface area contributed by atoms with Gasteiger partial charge in [-0.05, 0) is 17.7 Å². The molecule has 0 saturated heterocycles. The van der Waals surface area contributed by atoms with E-state index < -0.39 is 34.8 Å². The van der Waals surface area contributed by atoms with E-state index in [-0.39, 0.29) is 11.4 Å². The number of nitrogens with zero attached hydrogens (tertiary/aromatic N) is 2. The topological polar surface area (TPSA) is 90.7 Å². The van der Waals surface area contributed by atoms with E-state index in [1.807, 2.05) is 30.3 Å². The van der Waals surface area contributed by atoms with E-state index in [2.05, 4.69) is 21.0 Å². The van der Waals surface area contributed by atoms with Gasteiger partial charge in [0.15, 0.2) is 11.4 Å². The highest BCUT2D eigenvalue weighted by atomic mass is 79.9. The summed E-state index contributed by atoms with van der Waals surface area (Å²) in [5.41, 5.74) is -2.59. The number of esters is 1. The molecule has 2 aliphatic rings. The largest absolute Gasteiger partial charge is 0.470 e. The maximum Gasteiger partial charge on any atom is 0.313 e. The van der Waals surface area contributed by atoms with Crippen LogP contribution < -0.4 is 4.74 Å². The Morgan fingerprint density at radius 3 is 2.52 bits per heavy atom. The molecular weight excluding hydrogens is 464 g/mol. The van der Waals surface area contributed by atoms with E-state index in [1.54, 1.807) is 37.5 Å². The number of halogens is 1. The van der Waals surface area contributed by atoms with Gasteiger partial charge in [-0.3, -0.25) is 14.3 Å². The third-order valence-corrected chi connectivity index (χ3v) is 6.75. The molecule has 5 rings (SSSR count). The molecule has 1 N–H and O–H groups in total. The number of ketones is 1. The lowest BCUT2D eigenvalue weighted by Crippen LogP contribution is -2.51. The molecule has 2 bridgehead atoms. The monoisotopic (exact) mass is 482 g/mol. The summed E-state index contributed by atoms with van der Waals surface area (Å²) in [5, 5.41) is 16.2. The highest BCUT2D eigenvalue weighted by Gasteiger charge is 2.77. The molecule has 1 aliphatic heterocycles. The molecule has 8 heteroatoms. The van der Waals surface area contributed by atoms with Gasteiger partial charge in [0.2, 0.25) is 11.4 Å². The third kappa shape index (κ3) is 2.52. The summed E-state index contributed by atoms with van der Waals surface area (Å²) in [6.07, 6.45) is 1.60. The van der Waals surface area contributed by atoms with Crippen LogP contribution in [0.4, 0.5) is 0 Å². The van der Waals surface area contributed by atoms with Crippen LogP contribution in [0.2, 0.25) is 0 Å². The first-order valence-electron chi connectivity index (χ1n) is 9.73. The molecule has 2 aromatic carbocycles. The highest BCUT2D eigenvalue weighted by molar-refractivity contribution is 9.10. The molecule has 31 heavy (non-hydrogen) atoms. The first-order chi connectivity index (χ1) is 14.8. The average Bonchev–Trinajstić information content (AvgIpc) is 3.21. The van der Waals surface area contributed by atoms with Crippen LogP contribution in [-0.4, -0.2) is 33.7 Å². The molecule has 158 valence electrons. The third-order valence-electron chi connectivity index (χ3n) is 6.22. The van der Waals surface area contributed by atoms with Crippen LogP contribution in [-0.2, 0) is 32.6 Å². The summed E-state index contributed by atoms with van der Waals surface area (Å²) in [5.74, 6) is -3.14. The van der Waals surface area contributed by atoms with Gasteiger partial charge in [-0.25, -0.2) is 0 Å². The van der Waals surface area contributed by atoms with Gasteiger partial charge in [0, 0.05) is 17.1 Å². The second-order valence-corrected chi connectivity index (χ2v) is 8.76. The zero-order valence-electron chi connectivity index (χ0n) is 16.8. The lowest BCUT2D eigenvalue weighted by molar-refractivity contribution is -0.163. The first kappa shape index (κ1) is 20.0. The zero-order chi connectivity index (χ0) is 22.0. The first-order valence-corrected chi connectivity index (χ1v) is 10.5.